The number of ether oxygens (including phenoxy) is 2. The smallest absolute Gasteiger partial charge is 0.323 e. The molecule has 0 spiro atoms. The summed E-state index contributed by atoms with van der Waals surface area (Å²) < 4.78 is 31.2. The van der Waals surface area contributed by atoms with Crippen molar-refractivity contribution in [3.05, 3.63) is 18.6 Å². The fourth-order valence-corrected chi connectivity index (χ4v) is 4.85. The van der Waals surface area contributed by atoms with Crippen LogP contribution in [0.15, 0.2) is 18.6 Å². The van der Waals surface area contributed by atoms with E-state index >= 15 is 0 Å². The van der Waals surface area contributed by atoms with Gasteiger partial charge < -0.3 is 29.4 Å². The second-order valence-corrected chi connectivity index (χ2v) is 10.3. The molecule has 3 rings (SSSR count). The first-order valence-corrected chi connectivity index (χ1v) is 12.2. The van der Waals surface area contributed by atoms with Crippen LogP contribution in [-0.2, 0) is 23.4 Å². The van der Waals surface area contributed by atoms with Crippen molar-refractivity contribution in [2.75, 3.05) is 19.0 Å². The minimum absolute atomic E-state index is 0.120. The minimum atomic E-state index is -3.36. The van der Waals surface area contributed by atoms with Gasteiger partial charge in [0, 0.05) is 18.8 Å². The summed E-state index contributed by atoms with van der Waals surface area (Å²) in [4.78, 5) is 20.2. The Morgan fingerprint density at radius 3 is 2.81 bits per heavy atom. The molecule has 3 heterocycles. The molecule has 11 nitrogen and oxygen atoms in total. The summed E-state index contributed by atoms with van der Waals surface area (Å²) in [6.07, 6.45) is 0.782. The Bertz CT molecular complexity index is 982. The topological polar surface area (TPSA) is 151 Å². The zero-order chi connectivity index (χ0) is 22.9. The molecular formula is C19H30N5O6P. The summed E-state index contributed by atoms with van der Waals surface area (Å²) in [7, 11) is -3.36. The number of anilines is 1. The third kappa shape index (κ3) is 5.24. The highest BCUT2D eigenvalue weighted by Gasteiger charge is 2.43. The highest BCUT2D eigenvalue weighted by molar-refractivity contribution is 7.56. The van der Waals surface area contributed by atoms with E-state index in [1.807, 2.05) is 6.92 Å². The Morgan fingerprint density at radius 2 is 2.13 bits per heavy atom. The van der Waals surface area contributed by atoms with E-state index in [9.17, 15) is 14.5 Å². The van der Waals surface area contributed by atoms with Crippen molar-refractivity contribution in [3.63, 3.8) is 0 Å². The number of esters is 1. The van der Waals surface area contributed by atoms with Gasteiger partial charge in [0.1, 0.15) is 36.2 Å². The van der Waals surface area contributed by atoms with Gasteiger partial charge in [0.05, 0.1) is 24.2 Å². The average molecular weight is 455 g/mol. The molecule has 1 aliphatic rings. The van der Waals surface area contributed by atoms with Gasteiger partial charge in [0.25, 0.3) is 7.52 Å². The summed E-state index contributed by atoms with van der Waals surface area (Å²) in [6.45, 7) is 8.11. The molecule has 2 aromatic rings. The first-order chi connectivity index (χ1) is 14.5. The molecule has 0 aromatic carbocycles. The van der Waals surface area contributed by atoms with E-state index in [-0.39, 0.29) is 18.6 Å². The molecule has 0 saturated carbocycles. The van der Waals surface area contributed by atoms with Crippen molar-refractivity contribution in [1.29, 1.82) is 0 Å². The molecule has 6 atom stereocenters. The van der Waals surface area contributed by atoms with Crippen LogP contribution in [0, 0.1) is 5.92 Å². The summed E-state index contributed by atoms with van der Waals surface area (Å²) >= 11 is 0. The number of nitrogen functional groups attached to an aromatic ring is 1. The number of aromatic nitrogens is 3. The maximum absolute atomic E-state index is 12.8. The molecule has 4 N–H and O–H groups in total. The highest BCUT2D eigenvalue weighted by atomic mass is 31.2. The standard InChI is InChI=1S/C19H30N5O6P/c1-10(2)29-19(26)12(4)23-31(5,27)28-8-14-15(25)11(3)18(30-14)24-7-6-13-16(20)21-9-22-17(13)24/h6-7,9-12,14-15,18,25H,8H2,1-5H3,(H,23,27)(H2,20,21,22). The van der Waals surface area contributed by atoms with Crippen LogP contribution >= 0.6 is 7.52 Å². The Balaban J connectivity index is 1.64. The molecule has 1 aliphatic heterocycles. The zero-order valence-electron chi connectivity index (χ0n) is 18.3. The minimum Gasteiger partial charge on any atom is -0.462 e. The van der Waals surface area contributed by atoms with Crippen LogP contribution in [0.5, 0.6) is 0 Å². The first kappa shape index (κ1) is 23.6. The number of carbonyl (C=O) groups is 1. The van der Waals surface area contributed by atoms with Gasteiger partial charge in [-0.2, -0.15) is 0 Å². The number of fused-ring (bicyclic) bond motifs is 1. The van der Waals surface area contributed by atoms with Crippen LogP contribution in [0.3, 0.4) is 0 Å². The number of aliphatic hydroxyl groups excluding tert-OH is 1. The van der Waals surface area contributed by atoms with Gasteiger partial charge in [-0.05, 0) is 26.8 Å². The highest BCUT2D eigenvalue weighted by Crippen LogP contribution is 2.42. The summed E-state index contributed by atoms with van der Waals surface area (Å²) in [6, 6.07) is 0.981. The fraction of sp³-hybridized carbons (Fsp3) is 0.632. The summed E-state index contributed by atoms with van der Waals surface area (Å²) in [5.74, 6) is -0.449. The van der Waals surface area contributed by atoms with Crippen LogP contribution in [0.2, 0.25) is 0 Å². The van der Waals surface area contributed by atoms with Crippen molar-refractivity contribution in [1.82, 2.24) is 19.6 Å². The SMILES string of the molecule is CC(C)OC(=O)C(C)NP(C)(=O)OCC1OC(n2ccc3c(N)ncnc32)C(C)C1O. The summed E-state index contributed by atoms with van der Waals surface area (Å²) in [5.41, 5.74) is 6.49. The van der Waals surface area contributed by atoms with Crippen molar-refractivity contribution in [2.45, 2.75) is 58.3 Å². The molecule has 0 amide bonds. The van der Waals surface area contributed by atoms with Crippen LogP contribution in [0.1, 0.15) is 33.9 Å². The Hall–Kier alpha value is -2.04. The molecule has 172 valence electrons. The van der Waals surface area contributed by atoms with Gasteiger partial charge in [0.2, 0.25) is 0 Å². The van der Waals surface area contributed by atoms with Gasteiger partial charge in [-0.15, -0.1) is 0 Å². The van der Waals surface area contributed by atoms with E-state index in [0.717, 1.165) is 0 Å². The number of hydrogen-bond acceptors (Lipinski definition) is 9. The molecule has 2 aromatic heterocycles. The quantitative estimate of drug-likeness (QED) is 0.396. The lowest BCUT2D eigenvalue weighted by atomic mass is 10.0. The molecule has 31 heavy (non-hydrogen) atoms. The molecule has 1 fully saturated rings. The lowest BCUT2D eigenvalue weighted by Gasteiger charge is -2.22. The first-order valence-electron chi connectivity index (χ1n) is 10.1. The normalized spacial score (nSPS) is 26.8. The van der Waals surface area contributed by atoms with Crippen LogP contribution < -0.4 is 10.8 Å². The number of rotatable bonds is 8. The Labute approximate surface area is 180 Å². The Morgan fingerprint density at radius 1 is 1.42 bits per heavy atom. The number of carbonyl (C=O) groups excluding carboxylic acids is 1. The van der Waals surface area contributed by atoms with Crippen molar-refractivity contribution in [3.8, 4) is 0 Å². The predicted octanol–water partition coefficient (Wildman–Crippen LogP) is 1.68. The van der Waals surface area contributed by atoms with E-state index < -0.39 is 38.0 Å². The lowest BCUT2D eigenvalue weighted by molar-refractivity contribution is -0.149. The number of nitrogens with zero attached hydrogens (tertiary/aromatic N) is 3. The van der Waals surface area contributed by atoms with Crippen molar-refractivity contribution in [2.24, 2.45) is 5.92 Å². The van der Waals surface area contributed by atoms with Crippen LogP contribution in [0.25, 0.3) is 11.0 Å². The van der Waals surface area contributed by atoms with Gasteiger partial charge in [0.15, 0.2) is 0 Å². The van der Waals surface area contributed by atoms with Gasteiger partial charge >= 0.3 is 5.97 Å². The van der Waals surface area contributed by atoms with Crippen LogP contribution in [0.4, 0.5) is 5.82 Å². The van der Waals surface area contributed by atoms with Crippen molar-refractivity contribution < 1.29 is 28.5 Å². The second kappa shape index (κ2) is 9.22. The molecular weight excluding hydrogens is 425 g/mol. The maximum atomic E-state index is 12.8. The van der Waals surface area contributed by atoms with E-state index in [2.05, 4.69) is 15.1 Å². The van der Waals surface area contributed by atoms with Crippen molar-refractivity contribution >= 4 is 30.3 Å². The predicted molar refractivity (Wildman–Crippen MR) is 114 cm³/mol. The molecule has 12 heteroatoms. The molecule has 6 unspecified atom stereocenters. The maximum Gasteiger partial charge on any atom is 0.323 e. The largest absolute Gasteiger partial charge is 0.462 e. The fourth-order valence-electron chi connectivity index (χ4n) is 3.54. The monoisotopic (exact) mass is 455 g/mol. The molecule has 0 radical (unpaired) electrons. The van der Waals surface area contributed by atoms with Crippen LogP contribution in [-0.4, -0.2) is 63.2 Å². The molecule has 0 bridgehead atoms. The van der Waals surface area contributed by atoms with Gasteiger partial charge in [-0.25, -0.2) is 15.1 Å². The zero-order valence-corrected chi connectivity index (χ0v) is 19.2. The van der Waals surface area contributed by atoms with E-state index in [1.165, 1.54) is 13.0 Å². The number of nitrogens with two attached hydrogens (primary N) is 1. The third-order valence-electron chi connectivity index (χ3n) is 5.12. The number of nitrogens with one attached hydrogen (secondary N) is 1. The number of aliphatic hydroxyl groups is 1. The average Bonchev–Trinajstić information content (AvgIpc) is 3.22. The van der Waals surface area contributed by atoms with Gasteiger partial charge in [-0.3, -0.25) is 9.36 Å². The van der Waals surface area contributed by atoms with E-state index in [4.69, 9.17) is 19.7 Å². The van der Waals surface area contributed by atoms with E-state index in [1.54, 1.807) is 37.6 Å². The molecule has 0 aliphatic carbocycles. The van der Waals surface area contributed by atoms with E-state index in [0.29, 0.717) is 16.9 Å². The molecule has 1 saturated heterocycles. The third-order valence-corrected chi connectivity index (χ3v) is 6.61. The summed E-state index contributed by atoms with van der Waals surface area (Å²) in [5, 5.41) is 14.0. The lowest BCUT2D eigenvalue weighted by Crippen LogP contribution is -2.36. The Kier molecular flexibility index (Phi) is 7.02. The number of hydrogen-bond donors (Lipinski definition) is 3. The van der Waals surface area contributed by atoms with Gasteiger partial charge in [-0.1, -0.05) is 6.92 Å². The second-order valence-electron chi connectivity index (χ2n) is 8.11.